The highest BCUT2D eigenvalue weighted by atomic mass is 16.3. The van der Waals surface area contributed by atoms with E-state index in [0.29, 0.717) is 0 Å². The van der Waals surface area contributed by atoms with Crippen LogP contribution in [0, 0.1) is 17.8 Å². The molecule has 76 valence electrons. The molecule has 0 heterocycles. The minimum absolute atomic E-state index is 0.00474. The summed E-state index contributed by atoms with van der Waals surface area (Å²) in [5, 5.41) is 27.9. The number of hydrogen-bond donors (Lipinski definition) is 3. The van der Waals surface area contributed by atoms with Crippen LogP contribution in [0.5, 0.6) is 0 Å². The fraction of sp³-hybridized carbons (Fsp3) is 0.800. The molecule has 1 aliphatic rings. The van der Waals surface area contributed by atoms with Gasteiger partial charge in [0.05, 0.1) is 6.10 Å². The van der Waals surface area contributed by atoms with Crippen molar-refractivity contribution in [1.82, 2.24) is 0 Å². The third-order valence-corrected chi connectivity index (χ3v) is 2.93. The van der Waals surface area contributed by atoms with Crippen LogP contribution in [0.3, 0.4) is 0 Å². The van der Waals surface area contributed by atoms with Gasteiger partial charge < -0.3 is 15.3 Å². The van der Waals surface area contributed by atoms with E-state index in [4.69, 9.17) is 10.2 Å². The van der Waals surface area contributed by atoms with Crippen molar-refractivity contribution in [2.24, 2.45) is 17.8 Å². The Morgan fingerprint density at radius 2 is 1.69 bits per heavy atom. The van der Waals surface area contributed by atoms with Gasteiger partial charge in [-0.3, -0.25) is 0 Å². The molecule has 13 heavy (non-hydrogen) atoms. The lowest BCUT2D eigenvalue weighted by Crippen LogP contribution is -2.39. The zero-order chi connectivity index (χ0) is 9.84. The van der Waals surface area contributed by atoms with Crippen LogP contribution in [0.25, 0.3) is 0 Å². The van der Waals surface area contributed by atoms with Gasteiger partial charge in [-0.2, -0.15) is 0 Å². The fourth-order valence-electron chi connectivity index (χ4n) is 1.93. The molecule has 3 N–H and O–H groups in total. The van der Waals surface area contributed by atoms with Gasteiger partial charge >= 0.3 is 0 Å². The predicted molar refractivity (Wildman–Crippen MR) is 50.1 cm³/mol. The van der Waals surface area contributed by atoms with Crippen molar-refractivity contribution in [2.75, 3.05) is 13.2 Å². The first-order valence-electron chi connectivity index (χ1n) is 4.82. The minimum Gasteiger partial charge on any atom is -0.396 e. The number of aliphatic hydroxyl groups excluding tert-OH is 3. The van der Waals surface area contributed by atoms with Gasteiger partial charge in [-0.1, -0.05) is 19.1 Å². The van der Waals surface area contributed by atoms with Crippen molar-refractivity contribution in [1.29, 1.82) is 0 Å². The largest absolute Gasteiger partial charge is 0.396 e. The van der Waals surface area contributed by atoms with E-state index in [1.54, 1.807) is 0 Å². The Morgan fingerprint density at radius 3 is 2.15 bits per heavy atom. The Kier molecular flexibility index (Phi) is 3.90. The topological polar surface area (TPSA) is 60.7 Å². The van der Waals surface area contributed by atoms with Crippen LogP contribution < -0.4 is 0 Å². The molecule has 0 spiro atoms. The van der Waals surface area contributed by atoms with Gasteiger partial charge in [0.15, 0.2) is 0 Å². The van der Waals surface area contributed by atoms with Gasteiger partial charge in [0.25, 0.3) is 0 Å². The Morgan fingerprint density at radius 1 is 1.08 bits per heavy atom. The van der Waals surface area contributed by atoms with Crippen molar-refractivity contribution >= 4 is 0 Å². The summed E-state index contributed by atoms with van der Waals surface area (Å²) in [4.78, 5) is 0. The molecule has 4 atom stereocenters. The summed E-state index contributed by atoms with van der Waals surface area (Å²) in [5.41, 5.74) is 0. The molecule has 1 rings (SSSR count). The first-order chi connectivity index (χ1) is 6.24. The van der Waals surface area contributed by atoms with Gasteiger partial charge in [0.1, 0.15) is 0 Å². The maximum atomic E-state index is 9.81. The molecule has 3 heteroatoms. The van der Waals surface area contributed by atoms with E-state index in [0.717, 1.165) is 6.42 Å². The molecule has 1 aliphatic carbocycles. The van der Waals surface area contributed by atoms with Crippen LogP contribution in [0.2, 0.25) is 0 Å². The zero-order valence-electron chi connectivity index (χ0n) is 7.93. The molecule has 3 nitrogen and oxygen atoms in total. The van der Waals surface area contributed by atoms with E-state index >= 15 is 0 Å². The zero-order valence-corrected chi connectivity index (χ0v) is 7.93. The summed E-state index contributed by atoms with van der Waals surface area (Å²) >= 11 is 0. The van der Waals surface area contributed by atoms with Gasteiger partial charge in [0.2, 0.25) is 0 Å². The van der Waals surface area contributed by atoms with E-state index < -0.39 is 6.10 Å². The van der Waals surface area contributed by atoms with Gasteiger partial charge in [-0.25, -0.2) is 0 Å². The standard InChI is InChI=1S/C10H18O3/c1-2-7-3-4-8(5-11)9(6-12)10(7)13/h3-4,7-13H,2,5-6H2,1H3/t7-,8+,9-,10+/m0/s1. The molecule has 0 fully saturated rings. The first kappa shape index (κ1) is 10.7. The molecular weight excluding hydrogens is 168 g/mol. The average molecular weight is 186 g/mol. The van der Waals surface area contributed by atoms with Crippen LogP contribution in [0.1, 0.15) is 13.3 Å². The average Bonchev–Trinajstić information content (AvgIpc) is 2.17. The molecular formula is C10H18O3. The summed E-state index contributed by atoms with van der Waals surface area (Å²) in [6.07, 6.45) is 4.20. The second-order valence-corrected chi connectivity index (χ2v) is 3.64. The van der Waals surface area contributed by atoms with E-state index in [2.05, 4.69) is 0 Å². The highest BCUT2D eigenvalue weighted by Crippen LogP contribution is 2.30. The molecule has 0 aliphatic heterocycles. The molecule has 0 saturated carbocycles. The Bertz CT molecular complexity index is 179. The molecule has 0 aromatic heterocycles. The molecule has 0 radical (unpaired) electrons. The van der Waals surface area contributed by atoms with E-state index in [9.17, 15) is 5.11 Å². The molecule has 0 bridgehead atoms. The quantitative estimate of drug-likeness (QED) is 0.550. The van der Waals surface area contributed by atoms with Crippen molar-refractivity contribution in [2.45, 2.75) is 19.4 Å². The molecule has 0 unspecified atom stereocenters. The smallest absolute Gasteiger partial charge is 0.0659 e. The highest BCUT2D eigenvalue weighted by Gasteiger charge is 2.33. The van der Waals surface area contributed by atoms with Crippen LogP contribution in [-0.4, -0.2) is 34.6 Å². The maximum absolute atomic E-state index is 9.81. The predicted octanol–water partition coefficient (Wildman–Crippen LogP) is 0.160. The van der Waals surface area contributed by atoms with Gasteiger partial charge in [-0.15, -0.1) is 0 Å². The van der Waals surface area contributed by atoms with Crippen LogP contribution in [-0.2, 0) is 0 Å². The van der Waals surface area contributed by atoms with Crippen molar-refractivity contribution in [3.05, 3.63) is 12.2 Å². The van der Waals surface area contributed by atoms with Crippen molar-refractivity contribution in [3.63, 3.8) is 0 Å². The van der Waals surface area contributed by atoms with Crippen molar-refractivity contribution in [3.8, 4) is 0 Å². The molecule has 0 amide bonds. The lowest BCUT2D eigenvalue weighted by molar-refractivity contribution is -0.00451. The van der Waals surface area contributed by atoms with E-state index in [1.807, 2.05) is 19.1 Å². The third kappa shape index (κ3) is 2.10. The molecule has 0 saturated heterocycles. The summed E-state index contributed by atoms with van der Waals surface area (Å²) in [7, 11) is 0. The second kappa shape index (κ2) is 4.74. The van der Waals surface area contributed by atoms with E-state index in [-0.39, 0.29) is 31.0 Å². The van der Waals surface area contributed by atoms with Gasteiger partial charge in [0, 0.05) is 31.0 Å². The third-order valence-electron chi connectivity index (χ3n) is 2.93. The van der Waals surface area contributed by atoms with Crippen molar-refractivity contribution < 1.29 is 15.3 Å². The molecule has 0 aromatic rings. The highest BCUT2D eigenvalue weighted by molar-refractivity contribution is 5.05. The SMILES string of the molecule is CC[C@H]1C=C[C@H](CO)[C@H](CO)[C@@H]1O. The Hall–Kier alpha value is -0.380. The number of rotatable bonds is 3. The normalized spacial score (nSPS) is 39.4. The van der Waals surface area contributed by atoms with Gasteiger partial charge in [-0.05, 0) is 6.42 Å². The van der Waals surface area contributed by atoms with Crippen LogP contribution in [0.15, 0.2) is 12.2 Å². The minimum atomic E-state index is -0.517. The Labute approximate surface area is 78.7 Å². The monoisotopic (exact) mass is 186 g/mol. The van der Waals surface area contributed by atoms with Crippen LogP contribution in [0.4, 0.5) is 0 Å². The van der Waals surface area contributed by atoms with Crippen LogP contribution >= 0.6 is 0 Å². The maximum Gasteiger partial charge on any atom is 0.0659 e. The summed E-state index contributed by atoms with van der Waals surface area (Å²) in [5.74, 6) is -0.178. The van der Waals surface area contributed by atoms with E-state index in [1.165, 1.54) is 0 Å². The summed E-state index contributed by atoms with van der Waals surface area (Å²) in [6.45, 7) is 1.94. The number of hydrogen-bond acceptors (Lipinski definition) is 3. The second-order valence-electron chi connectivity index (χ2n) is 3.64. The first-order valence-corrected chi connectivity index (χ1v) is 4.82. The lowest BCUT2D eigenvalue weighted by atomic mass is 9.76. The fourth-order valence-corrected chi connectivity index (χ4v) is 1.93. The lowest BCUT2D eigenvalue weighted by Gasteiger charge is -2.34. The summed E-state index contributed by atoms with van der Waals surface area (Å²) in [6, 6.07) is 0. The summed E-state index contributed by atoms with van der Waals surface area (Å²) < 4.78 is 0. The Balaban J connectivity index is 2.73. The molecule has 0 aromatic carbocycles. The number of aliphatic hydroxyl groups is 3.